The van der Waals surface area contributed by atoms with Crippen LogP contribution in [0, 0.1) is 5.92 Å². The summed E-state index contributed by atoms with van der Waals surface area (Å²) in [5.74, 6) is 0.511. The van der Waals surface area contributed by atoms with Crippen LogP contribution in [-0.2, 0) is 15.9 Å². The van der Waals surface area contributed by atoms with Gasteiger partial charge in [-0.05, 0) is 37.8 Å². The van der Waals surface area contributed by atoms with Crippen LogP contribution >= 0.6 is 34.8 Å². The van der Waals surface area contributed by atoms with Crippen molar-refractivity contribution in [3.63, 3.8) is 0 Å². The lowest BCUT2D eigenvalue weighted by Gasteiger charge is -2.25. The van der Waals surface area contributed by atoms with E-state index in [4.69, 9.17) is 34.8 Å². The third-order valence-electron chi connectivity index (χ3n) is 3.82. The smallest absolute Gasteiger partial charge is 0.207 e. The number of rotatable bonds is 5. The summed E-state index contributed by atoms with van der Waals surface area (Å²) in [5.41, 5.74) is 0.448. The Hall–Kier alpha value is -0.000000000000000167. The van der Waals surface area contributed by atoms with Crippen molar-refractivity contribution in [1.29, 1.82) is 0 Å². The first-order valence-corrected chi connectivity index (χ1v) is 9.04. The van der Waals surface area contributed by atoms with Crippen LogP contribution in [0.25, 0.3) is 0 Å². The van der Waals surface area contributed by atoms with Crippen molar-refractivity contribution in [2.24, 2.45) is 5.92 Å². The van der Waals surface area contributed by atoms with Crippen LogP contribution < -0.4 is 0 Å². The van der Waals surface area contributed by atoms with E-state index in [-0.39, 0.29) is 21.8 Å². The lowest BCUT2D eigenvalue weighted by atomic mass is 10.2. The van der Waals surface area contributed by atoms with Crippen LogP contribution in [0.15, 0.2) is 17.0 Å². The van der Waals surface area contributed by atoms with E-state index < -0.39 is 10.0 Å². The van der Waals surface area contributed by atoms with Gasteiger partial charge >= 0.3 is 0 Å². The zero-order valence-corrected chi connectivity index (χ0v) is 14.3. The van der Waals surface area contributed by atoms with Gasteiger partial charge in [0.15, 0.2) is 0 Å². The van der Waals surface area contributed by atoms with Gasteiger partial charge in [-0.2, -0.15) is 4.31 Å². The second-order valence-electron chi connectivity index (χ2n) is 5.07. The molecule has 0 bridgehead atoms. The second kappa shape index (κ2) is 6.01. The fraction of sp³-hybridized carbons (Fsp3) is 0.538. The number of sulfonamides is 1. The molecule has 0 aromatic heterocycles. The molecule has 1 aromatic carbocycles. The normalized spacial score (nSPS) is 17.5. The topological polar surface area (TPSA) is 37.4 Å². The highest BCUT2D eigenvalue weighted by Gasteiger charge is 2.37. The quantitative estimate of drug-likeness (QED) is 0.743. The molecule has 0 amide bonds. The van der Waals surface area contributed by atoms with Crippen LogP contribution in [0.1, 0.15) is 25.3 Å². The fourth-order valence-electron chi connectivity index (χ4n) is 2.15. The van der Waals surface area contributed by atoms with Crippen LogP contribution in [0.2, 0.25) is 10.0 Å². The number of halogens is 3. The largest absolute Gasteiger partial charge is 0.244 e. The van der Waals surface area contributed by atoms with E-state index in [0.717, 1.165) is 12.8 Å². The van der Waals surface area contributed by atoms with E-state index in [2.05, 4.69) is 0 Å². The van der Waals surface area contributed by atoms with E-state index in [1.54, 1.807) is 7.05 Å². The van der Waals surface area contributed by atoms with Crippen molar-refractivity contribution in [2.45, 2.75) is 36.6 Å². The number of hydrogen-bond donors (Lipinski definition) is 0. The van der Waals surface area contributed by atoms with E-state index in [0.29, 0.717) is 16.5 Å². The molecule has 1 aliphatic carbocycles. The molecule has 3 nitrogen and oxygen atoms in total. The zero-order valence-electron chi connectivity index (χ0n) is 11.2. The molecule has 0 saturated heterocycles. The maximum atomic E-state index is 12.7. The van der Waals surface area contributed by atoms with Gasteiger partial charge in [0.05, 0.1) is 10.9 Å². The molecule has 1 aromatic rings. The van der Waals surface area contributed by atoms with Gasteiger partial charge in [0.2, 0.25) is 10.0 Å². The van der Waals surface area contributed by atoms with Crippen molar-refractivity contribution in [3.8, 4) is 0 Å². The van der Waals surface area contributed by atoms with Gasteiger partial charge in [-0.15, -0.1) is 11.6 Å². The summed E-state index contributed by atoms with van der Waals surface area (Å²) in [6, 6.07) is 2.92. The summed E-state index contributed by atoms with van der Waals surface area (Å²) < 4.78 is 26.7. The lowest BCUT2D eigenvalue weighted by molar-refractivity contribution is 0.357. The molecule has 1 fully saturated rings. The van der Waals surface area contributed by atoms with Crippen LogP contribution in [0.3, 0.4) is 0 Å². The van der Waals surface area contributed by atoms with Crippen molar-refractivity contribution < 1.29 is 8.42 Å². The molecule has 1 saturated carbocycles. The van der Waals surface area contributed by atoms with Crippen molar-refractivity contribution >= 4 is 44.8 Å². The maximum absolute atomic E-state index is 12.7. The summed E-state index contributed by atoms with van der Waals surface area (Å²) in [6.07, 6.45) is 2.14. The highest BCUT2D eigenvalue weighted by molar-refractivity contribution is 7.89. The Morgan fingerprint density at radius 3 is 2.45 bits per heavy atom. The highest BCUT2D eigenvalue weighted by Crippen LogP contribution is 2.38. The average molecular weight is 357 g/mol. The molecule has 1 aliphatic rings. The molecule has 0 radical (unpaired) electrons. The summed E-state index contributed by atoms with van der Waals surface area (Å²) in [5, 5.41) is 0.490. The van der Waals surface area contributed by atoms with E-state index in [9.17, 15) is 8.42 Å². The van der Waals surface area contributed by atoms with Gasteiger partial charge in [-0.3, -0.25) is 0 Å². The highest BCUT2D eigenvalue weighted by atomic mass is 35.5. The molecule has 0 spiro atoms. The molecule has 7 heteroatoms. The number of benzene rings is 1. The van der Waals surface area contributed by atoms with Crippen LogP contribution in [-0.4, -0.2) is 25.8 Å². The molecule has 2 rings (SSSR count). The molecule has 0 heterocycles. The predicted molar refractivity (Wildman–Crippen MR) is 83.2 cm³/mol. The zero-order chi connectivity index (χ0) is 15.1. The van der Waals surface area contributed by atoms with E-state index in [1.165, 1.54) is 16.4 Å². The predicted octanol–water partition coefficient (Wildman–Crippen LogP) is 4.15. The minimum Gasteiger partial charge on any atom is -0.207 e. The molecule has 1 atom stereocenters. The van der Waals surface area contributed by atoms with Crippen molar-refractivity contribution in [1.82, 2.24) is 4.31 Å². The molecule has 0 N–H and O–H groups in total. The van der Waals surface area contributed by atoms with Gasteiger partial charge in [-0.25, -0.2) is 8.42 Å². The van der Waals surface area contributed by atoms with Gasteiger partial charge in [-0.1, -0.05) is 23.2 Å². The summed E-state index contributed by atoms with van der Waals surface area (Å²) in [7, 11) is -2.05. The first-order valence-electron chi connectivity index (χ1n) is 6.31. The molecular formula is C13H16Cl3NO2S. The number of nitrogens with zero attached hydrogens (tertiary/aromatic N) is 1. The van der Waals surface area contributed by atoms with Crippen molar-refractivity contribution in [2.75, 3.05) is 7.05 Å². The lowest BCUT2D eigenvalue weighted by Crippen LogP contribution is -2.36. The Bertz CT molecular complexity index is 614. The molecule has 112 valence electrons. The van der Waals surface area contributed by atoms with Crippen LogP contribution in [0.5, 0.6) is 0 Å². The molecule has 1 unspecified atom stereocenters. The Morgan fingerprint density at radius 1 is 1.35 bits per heavy atom. The Balaban J connectivity index is 2.43. The first-order chi connectivity index (χ1) is 9.30. The number of hydrogen-bond acceptors (Lipinski definition) is 2. The maximum Gasteiger partial charge on any atom is 0.244 e. The summed E-state index contributed by atoms with van der Waals surface area (Å²) in [6.45, 7) is 1.92. The van der Waals surface area contributed by atoms with Gasteiger partial charge < -0.3 is 0 Å². The Kier molecular flexibility index (Phi) is 4.92. The first kappa shape index (κ1) is 16.4. The van der Waals surface area contributed by atoms with E-state index >= 15 is 0 Å². The summed E-state index contributed by atoms with van der Waals surface area (Å²) in [4.78, 5) is 0.0641. The van der Waals surface area contributed by atoms with Gasteiger partial charge in [0.1, 0.15) is 4.90 Å². The van der Waals surface area contributed by atoms with Gasteiger partial charge in [0.25, 0.3) is 0 Å². The standard InChI is InChI=1S/C13H16Cl3NO2S/c1-8(9-3-4-9)17(2)20(18,19)12-6-5-11(15)10(7-14)13(12)16/h5-6,8-9H,3-4,7H2,1-2H3. The third kappa shape index (κ3) is 2.95. The fourth-order valence-corrected chi connectivity index (χ4v) is 4.87. The Morgan fingerprint density at radius 2 is 1.95 bits per heavy atom. The summed E-state index contributed by atoms with van der Waals surface area (Å²) >= 11 is 17.9. The number of alkyl halides is 1. The SMILES string of the molecule is CC(C1CC1)N(C)S(=O)(=O)c1ccc(Cl)c(CCl)c1Cl. The average Bonchev–Trinajstić information content (AvgIpc) is 3.21. The third-order valence-corrected chi connectivity index (χ3v) is 6.97. The van der Waals surface area contributed by atoms with Crippen molar-refractivity contribution in [3.05, 3.63) is 27.7 Å². The minimum atomic E-state index is -3.64. The van der Waals surface area contributed by atoms with Gasteiger partial charge in [0, 0.05) is 23.7 Å². The monoisotopic (exact) mass is 355 g/mol. The molecular weight excluding hydrogens is 341 g/mol. The van der Waals surface area contributed by atoms with Crippen LogP contribution in [0.4, 0.5) is 0 Å². The van der Waals surface area contributed by atoms with E-state index in [1.807, 2.05) is 6.92 Å². The molecule has 20 heavy (non-hydrogen) atoms. The second-order valence-corrected chi connectivity index (χ2v) is 8.09. The Labute approximate surface area is 134 Å². The molecule has 0 aliphatic heterocycles. The minimum absolute atomic E-state index is 0.0359.